The summed E-state index contributed by atoms with van der Waals surface area (Å²) in [5, 5.41) is 3.21. The Balaban J connectivity index is 1.56. The van der Waals surface area contributed by atoms with Crippen LogP contribution < -0.4 is 10.2 Å². The number of aromatic nitrogens is 2. The summed E-state index contributed by atoms with van der Waals surface area (Å²) >= 11 is 0. The molecule has 0 bridgehead atoms. The molecule has 4 rings (SSSR count). The highest BCUT2D eigenvalue weighted by molar-refractivity contribution is 5.81. The largest absolute Gasteiger partial charge is 0.372 e. The molecule has 1 aromatic rings. The van der Waals surface area contributed by atoms with Crippen LogP contribution in [0.3, 0.4) is 0 Å². The number of nitrogens with one attached hydrogen (secondary N) is 1. The highest BCUT2D eigenvalue weighted by atomic mass is 16.5. The van der Waals surface area contributed by atoms with E-state index in [2.05, 4.69) is 42.9 Å². The van der Waals surface area contributed by atoms with Crippen LogP contribution in [-0.2, 0) is 20.7 Å². The number of ether oxygens (including phenoxy) is 2. The number of rotatable bonds is 3. The molecule has 154 valence electrons. The van der Waals surface area contributed by atoms with E-state index in [1.807, 2.05) is 6.20 Å². The van der Waals surface area contributed by atoms with Crippen LogP contribution in [-0.4, -0.2) is 53.9 Å². The van der Waals surface area contributed by atoms with E-state index in [4.69, 9.17) is 14.5 Å². The number of anilines is 1. The first kappa shape index (κ1) is 19.6. The van der Waals surface area contributed by atoms with Gasteiger partial charge < -0.3 is 19.7 Å². The van der Waals surface area contributed by atoms with Crippen molar-refractivity contribution in [2.24, 2.45) is 5.41 Å². The molecule has 1 N–H and O–H groups in total. The Kier molecular flexibility index (Phi) is 5.31. The van der Waals surface area contributed by atoms with Gasteiger partial charge in [0, 0.05) is 31.5 Å². The number of hydrogen-bond donors (Lipinski definition) is 1. The molecule has 1 aliphatic carbocycles. The smallest absolute Gasteiger partial charge is 0.249 e. The first-order valence-corrected chi connectivity index (χ1v) is 10.5. The molecular formula is C21H32N4O3. The van der Waals surface area contributed by atoms with Gasteiger partial charge in [0.15, 0.2) is 0 Å². The topological polar surface area (TPSA) is 76.6 Å². The molecular weight excluding hydrogens is 356 g/mol. The van der Waals surface area contributed by atoms with Gasteiger partial charge in [0.05, 0.1) is 23.9 Å². The van der Waals surface area contributed by atoms with Gasteiger partial charge in [-0.3, -0.25) is 4.79 Å². The van der Waals surface area contributed by atoms with Crippen LogP contribution in [0.15, 0.2) is 6.20 Å². The molecule has 2 saturated heterocycles. The first-order chi connectivity index (χ1) is 13.3. The summed E-state index contributed by atoms with van der Waals surface area (Å²) in [6.07, 6.45) is 5.46. The van der Waals surface area contributed by atoms with Gasteiger partial charge in [-0.2, -0.15) is 0 Å². The van der Waals surface area contributed by atoms with E-state index in [1.165, 1.54) is 0 Å². The molecule has 0 saturated carbocycles. The van der Waals surface area contributed by atoms with Crippen LogP contribution >= 0.6 is 0 Å². The quantitative estimate of drug-likeness (QED) is 0.857. The Bertz CT molecular complexity index is 722. The van der Waals surface area contributed by atoms with E-state index in [1.54, 1.807) is 0 Å². The Morgan fingerprint density at radius 3 is 2.71 bits per heavy atom. The lowest BCUT2D eigenvalue weighted by Crippen LogP contribution is -2.46. The molecule has 2 aliphatic heterocycles. The van der Waals surface area contributed by atoms with E-state index in [9.17, 15) is 4.79 Å². The van der Waals surface area contributed by atoms with E-state index >= 15 is 0 Å². The summed E-state index contributed by atoms with van der Waals surface area (Å²) < 4.78 is 11.4. The second-order valence-electron chi connectivity index (χ2n) is 9.34. The van der Waals surface area contributed by atoms with E-state index < -0.39 is 0 Å². The Labute approximate surface area is 167 Å². The van der Waals surface area contributed by atoms with Gasteiger partial charge in [-0.15, -0.1) is 0 Å². The van der Waals surface area contributed by atoms with E-state index in [0.717, 1.165) is 56.0 Å². The van der Waals surface area contributed by atoms with Crippen molar-refractivity contribution in [1.82, 2.24) is 15.3 Å². The number of carbonyl (C=O) groups is 1. The predicted octanol–water partition coefficient (Wildman–Crippen LogP) is 2.40. The number of carbonyl (C=O) groups excluding carboxylic acids is 1. The molecule has 1 amide bonds. The molecule has 4 atom stereocenters. The lowest BCUT2D eigenvalue weighted by molar-refractivity contribution is -0.131. The molecule has 28 heavy (non-hydrogen) atoms. The van der Waals surface area contributed by atoms with Gasteiger partial charge in [-0.25, -0.2) is 9.97 Å². The van der Waals surface area contributed by atoms with Gasteiger partial charge in [-0.1, -0.05) is 13.8 Å². The van der Waals surface area contributed by atoms with Crippen molar-refractivity contribution < 1.29 is 14.3 Å². The fourth-order valence-corrected chi connectivity index (χ4v) is 4.71. The summed E-state index contributed by atoms with van der Waals surface area (Å²) in [7, 11) is 0. The third kappa shape index (κ3) is 4.15. The highest BCUT2D eigenvalue weighted by Gasteiger charge is 2.36. The maximum Gasteiger partial charge on any atom is 0.249 e. The molecule has 3 heterocycles. The molecule has 7 nitrogen and oxygen atoms in total. The van der Waals surface area contributed by atoms with Crippen LogP contribution in [0, 0.1) is 5.41 Å². The summed E-state index contributed by atoms with van der Waals surface area (Å²) in [4.78, 5) is 24.4. The van der Waals surface area contributed by atoms with Crippen molar-refractivity contribution in [3.8, 4) is 0 Å². The lowest BCUT2D eigenvalue weighted by Gasteiger charge is -2.38. The minimum atomic E-state index is -0.315. The molecule has 2 fully saturated rings. The second-order valence-corrected chi connectivity index (χ2v) is 9.34. The Hall–Kier alpha value is -1.73. The second kappa shape index (κ2) is 7.59. The number of morpholine rings is 1. The minimum absolute atomic E-state index is 0.00828. The van der Waals surface area contributed by atoms with Crippen molar-refractivity contribution in [3.63, 3.8) is 0 Å². The lowest BCUT2D eigenvalue weighted by atomic mass is 9.74. The molecule has 0 aromatic carbocycles. The van der Waals surface area contributed by atoms with E-state index in [0.29, 0.717) is 6.61 Å². The zero-order valence-electron chi connectivity index (χ0n) is 17.4. The van der Waals surface area contributed by atoms with Gasteiger partial charge in [0.1, 0.15) is 6.10 Å². The zero-order valence-corrected chi connectivity index (χ0v) is 17.4. The van der Waals surface area contributed by atoms with E-state index in [-0.39, 0.29) is 35.7 Å². The molecule has 0 unspecified atom stereocenters. The minimum Gasteiger partial charge on any atom is -0.372 e. The number of amides is 1. The van der Waals surface area contributed by atoms with Crippen LogP contribution in [0.4, 0.5) is 5.95 Å². The molecule has 0 radical (unpaired) electrons. The summed E-state index contributed by atoms with van der Waals surface area (Å²) in [6, 6.07) is -0.0629. The third-order valence-corrected chi connectivity index (χ3v) is 5.91. The van der Waals surface area contributed by atoms with Gasteiger partial charge in [0.2, 0.25) is 11.9 Å². The number of hydrogen-bond acceptors (Lipinski definition) is 6. The van der Waals surface area contributed by atoms with Crippen LogP contribution in [0.25, 0.3) is 0 Å². The third-order valence-electron chi connectivity index (χ3n) is 5.91. The van der Waals surface area contributed by atoms with Crippen LogP contribution in [0.2, 0.25) is 0 Å². The van der Waals surface area contributed by atoms with Gasteiger partial charge >= 0.3 is 0 Å². The van der Waals surface area contributed by atoms with Crippen LogP contribution in [0.1, 0.15) is 64.3 Å². The van der Waals surface area contributed by atoms with Crippen molar-refractivity contribution >= 4 is 11.9 Å². The first-order valence-electron chi connectivity index (χ1n) is 10.5. The van der Waals surface area contributed by atoms with Crippen molar-refractivity contribution in [3.05, 3.63) is 17.5 Å². The average molecular weight is 389 g/mol. The highest BCUT2D eigenvalue weighted by Crippen LogP contribution is 2.40. The number of nitrogens with zero attached hydrogens (tertiary/aromatic N) is 3. The van der Waals surface area contributed by atoms with Crippen molar-refractivity contribution in [1.29, 1.82) is 0 Å². The molecule has 7 heteroatoms. The summed E-state index contributed by atoms with van der Waals surface area (Å²) in [6.45, 7) is 10.9. The zero-order chi connectivity index (χ0) is 19.9. The number of fused-ring (bicyclic) bond motifs is 1. The Morgan fingerprint density at radius 2 is 2.04 bits per heavy atom. The average Bonchev–Trinajstić information content (AvgIpc) is 3.14. The molecule has 3 aliphatic rings. The SMILES string of the molecule is C[C@@H]1CN(c2ncc3c(n2)CC(C)(C)C[C@@H]3NC(=O)[C@H]2CCCO2)C[C@H](C)O1. The summed E-state index contributed by atoms with van der Waals surface area (Å²) in [5.74, 6) is 0.758. The van der Waals surface area contributed by atoms with Crippen LogP contribution in [0.5, 0.6) is 0 Å². The fraction of sp³-hybridized carbons (Fsp3) is 0.762. The molecule has 1 aromatic heterocycles. The Morgan fingerprint density at radius 1 is 1.29 bits per heavy atom. The van der Waals surface area contributed by atoms with Crippen molar-refractivity contribution in [2.75, 3.05) is 24.6 Å². The summed E-state index contributed by atoms with van der Waals surface area (Å²) in [5.41, 5.74) is 2.16. The maximum atomic E-state index is 12.6. The normalized spacial score (nSPS) is 32.1. The predicted molar refractivity (Wildman–Crippen MR) is 106 cm³/mol. The van der Waals surface area contributed by atoms with Crippen molar-refractivity contribution in [2.45, 2.75) is 77.7 Å². The molecule has 0 spiro atoms. The maximum absolute atomic E-state index is 12.6. The van der Waals surface area contributed by atoms with Gasteiger partial charge in [-0.05, 0) is 44.9 Å². The van der Waals surface area contributed by atoms with Gasteiger partial charge in [0.25, 0.3) is 0 Å². The monoisotopic (exact) mass is 388 g/mol. The standard InChI is InChI=1S/C21H32N4O3/c1-13-11-25(12-14(2)28-13)20-22-10-15-16(8-21(3,4)9-17(15)24-20)23-19(26)18-6-5-7-27-18/h10,13-14,16,18H,5-9,11-12H2,1-4H3,(H,23,26)/t13-,14+,16-,18+/m0/s1. The fourth-order valence-electron chi connectivity index (χ4n) is 4.71.